The molecule has 0 bridgehead atoms. The number of aromatic nitrogens is 3. The van der Waals surface area contributed by atoms with Crippen LogP contribution >= 0.6 is 24.8 Å². The lowest BCUT2D eigenvalue weighted by Crippen LogP contribution is -2.36. The van der Waals surface area contributed by atoms with Gasteiger partial charge in [0.15, 0.2) is 0 Å². The molecule has 4 heterocycles. The number of anilines is 1. The van der Waals surface area contributed by atoms with Gasteiger partial charge in [0.25, 0.3) is 0 Å². The van der Waals surface area contributed by atoms with Gasteiger partial charge in [0.1, 0.15) is 0 Å². The summed E-state index contributed by atoms with van der Waals surface area (Å²) in [6, 6.07) is 1.82. The van der Waals surface area contributed by atoms with E-state index in [2.05, 4.69) is 25.2 Å². The number of fused-ring (bicyclic) bond motifs is 1. The van der Waals surface area contributed by atoms with E-state index in [9.17, 15) is 0 Å². The molecular formula is C19H27Cl2N5O. The summed E-state index contributed by atoms with van der Waals surface area (Å²) < 4.78 is 5.48. The molecule has 0 aromatic carbocycles. The number of ether oxygens (including phenoxy) is 1. The van der Waals surface area contributed by atoms with Gasteiger partial charge < -0.3 is 10.1 Å². The highest BCUT2D eigenvalue weighted by atomic mass is 35.5. The molecule has 0 saturated carbocycles. The first-order valence-corrected chi connectivity index (χ1v) is 9.14. The van der Waals surface area contributed by atoms with E-state index in [1.54, 1.807) is 12.4 Å². The fourth-order valence-electron chi connectivity index (χ4n) is 3.79. The Bertz CT molecular complexity index is 698. The summed E-state index contributed by atoms with van der Waals surface area (Å²) in [5, 5.41) is 3.30. The van der Waals surface area contributed by atoms with Gasteiger partial charge >= 0.3 is 0 Å². The molecule has 2 aliphatic rings. The minimum absolute atomic E-state index is 0. The lowest BCUT2D eigenvalue weighted by molar-refractivity contribution is 0.0506. The van der Waals surface area contributed by atoms with E-state index in [0.717, 1.165) is 45.2 Å². The maximum absolute atomic E-state index is 5.48. The van der Waals surface area contributed by atoms with Crippen LogP contribution in [0.2, 0.25) is 0 Å². The first-order valence-electron chi connectivity index (χ1n) is 9.14. The number of hydrogen-bond donors (Lipinski definition) is 1. The average molecular weight is 412 g/mol. The van der Waals surface area contributed by atoms with Crippen molar-refractivity contribution in [1.82, 2.24) is 19.9 Å². The predicted molar refractivity (Wildman–Crippen MR) is 111 cm³/mol. The van der Waals surface area contributed by atoms with Crippen LogP contribution in [0, 0.1) is 5.92 Å². The van der Waals surface area contributed by atoms with Crippen molar-refractivity contribution >= 4 is 30.8 Å². The van der Waals surface area contributed by atoms with Crippen LogP contribution in [0.3, 0.4) is 0 Å². The van der Waals surface area contributed by atoms with Gasteiger partial charge in [0, 0.05) is 64.2 Å². The van der Waals surface area contributed by atoms with Crippen LogP contribution in [0.4, 0.5) is 5.95 Å². The third-order valence-electron chi connectivity index (χ3n) is 5.17. The largest absolute Gasteiger partial charge is 0.381 e. The molecule has 2 aromatic rings. The number of hydrogen-bond acceptors (Lipinski definition) is 6. The summed E-state index contributed by atoms with van der Waals surface area (Å²) in [5.41, 5.74) is 4.07. The zero-order valence-electron chi connectivity index (χ0n) is 15.3. The second-order valence-corrected chi connectivity index (χ2v) is 6.90. The number of rotatable bonds is 5. The molecule has 0 aliphatic carbocycles. The Labute approximate surface area is 173 Å². The topological polar surface area (TPSA) is 63.2 Å². The van der Waals surface area contributed by atoms with Crippen molar-refractivity contribution in [3.8, 4) is 0 Å². The lowest BCUT2D eigenvalue weighted by atomic mass is 9.94. The molecule has 6 nitrogen and oxygen atoms in total. The quantitative estimate of drug-likeness (QED) is 0.815. The van der Waals surface area contributed by atoms with Crippen LogP contribution in [0.5, 0.6) is 0 Å². The molecule has 1 fully saturated rings. The minimum Gasteiger partial charge on any atom is -0.381 e. The maximum Gasteiger partial charge on any atom is 0.222 e. The molecule has 0 atom stereocenters. The fourth-order valence-corrected chi connectivity index (χ4v) is 3.79. The summed E-state index contributed by atoms with van der Waals surface area (Å²) in [6.07, 6.45) is 11.0. The second kappa shape index (κ2) is 10.8. The Kier molecular flexibility index (Phi) is 8.70. The number of nitrogens with one attached hydrogen (secondary N) is 1. The molecule has 8 heteroatoms. The average Bonchev–Trinajstić information content (AvgIpc) is 2.68. The van der Waals surface area contributed by atoms with Crippen molar-refractivity contribution in [1.29, 1.82) is 0 Å². The fraction of sp³-hybridized carbons (Fsp3) is 0.526. The standard InChI is InChI=1S/C19H25N5O.2ClH/c1-5-21-19(22-6-1)23-12-16-10-20-11-17-14-24(7-2-18(16)17)13-15-3-8-25-9-4-15;;/h1,5-6,10-11,15H,2-4,7-9,12-14H2,(H,21,22,23);2*1H. The molecule has 27 heavy (non-hydrogen) atoms. The van der Waals surface area contributed by atoms with Crippen molar-refractivity contribution in [3.05, 3.63) is 47.5 Å². The van der Waals surface area contributed by atoms with E-state index in [0.29, 0.717) is 5.95 Å². The SMILES string of the molecule is Cl.Cl.c1cnc(NCc2cncc3c2CCN(CC2CCOCC2)C3)nc1. The summed E-state index contributed by atoms with van der Waals surface area (Å²) in [4.78, 5) is 15.5. The summed E-state index contributed by atoms with van der Waals surface area (Å²) in [5.74, 6) is 1.44. The van der Waals surface area contributed by atoms with Gasteiger partial charge in [-0.2, -0.15) is 0 Å². The van der Waals surface area contributed by atoms with Crippen molar-refractivity contribution in [2.24, 2.45) is 5.92 Å². The van der Waals surface area contributed by atoms with Gasteiger partial charge in [-0.15, -0.1) is 24.8 Å². The Morgan fingerprint density at radius 1 is 1.11 bits per heavy atom. The first kappa shape index (κ1) is 21.8. The molecule has 1 saturated heterocycles. The molecule has 0 amide bonds. The van der Waals surface area contributed by atoms with E-state index in [1.165, 1.54) is 36.1 Å². The molecule has 2 aromatic heterocycles. The van der Waals surface area contributed by atoms with Crippen molar-refractivity contribution in [3.63, 3.8) is 0 Å². The van der Waals surface area contributed by atoms with Gasteiger partial charge in [-0.1, -0.05) is 0 Å². The Morgan fingerprint density at radius 3 is 2.67 bits per heavy atom. The molecule has 0 radical (unpaired) electrons. The maximum atomic E-state index is 5.48. The molecule has 4 rings (SSSR count). The Balaban J connectivity index is 0.00000131. The lowest BCUT2D eigenvalue weighted by Gasteiger charge is -2.33. The highest BCUT2D eigenvalue weighted by Crippen LogP contribution is 2.24. The Morgan fingerprint density at radius 2 is 1.89 bits per heavy atom. The van der Waals surface area contributed by atoms with E-state index < -0.39 is 0 Å². The summed E-state index contributed by atoms with van der Waals surface area (Å²) in [7, 11) is 0. The van der Waals surface area contributed by atoms with Crippen molar-refractivity contribution < 1.29 is 4.74 Å². The zero-order valence-corrected chi connectivity index (χ0v) is 17.0. The molecular weight excluding hydrogens is 385 g/mol. The van der Waals surface area contributed by atoms with Crippen molar-refractivity contribution in [2.45, 2.75) is 32.4 Å². The van der Waals surface area contributed by atoms with E-state index in [1.807, 2.05) is 18.5 Å². The summed E-state index contributed by atoms with van der Waals surface area (Å²) >= 11 is 0. The molecule has 0 spiro atoms. The third kappa shape index (κ3) is 5.75. The third-order valence-corrected chi connectivity index (χ3v) is 5.17. The van der Waals surface area contributed by atoms with Crippen LogP contribution in [0.25, 0.3) is 0 Å². The van der Waals surface area contributed by atoms with Crippen LogP contribution < -0.4 is 5.32 Å². The molecule has 0 unspecified atom stereocenters. The number of pyridine rings is 1. The zero-order chi connectivity index (χ0) is 16.9. The highest BCUT2D eigenvalue weighted by Gasteiger charge is 2.23. The number of nitrogens with zero attached hydrogens (tertiary/aromatic N) is 4. The monoisotopic (exact) mass is 411 g/mol. The smallest absolute Gasteiger partial charge is 0.222 e. The normalized spacial score (nSPS) is 17.3. The van der Waals surface area contributed by atoms with Gasteiger partial charge in [0.2, 0.25) is 5.95 Å². The van der Waals surface area contributed by atoms with E-state index in [4.69, 9.17) is 4.74 Å². The van der Waals surface area contributed by atoms with Gasteiger partial charge in [-0.25, -0.2) is 9.97 Å². The first-order chi connectivity index (χ1) is 12.4. The van der Waals surface area contributed by atoms with Crippen LogP contribution in [-0.4, -0.2) is 46.2 Å². The van der Waals surface area contributed by atoms with E-state index >= 15 is 0 Å². The predicted octanol–water partition coefficient (Wildman–Crippen LogP) is 3.11. The van der Waals surface area contributed by atoms with Crippen LogP contribution in [0.15, 0.2) is 30.9 Å². The molecule has 1 N–H and O–H groups in total. The van der Waals surface area contributed by atoms with Crippen LogP contribution in [0.1, 0.15) is 29.5 Å². The number of halogens is 2. The van der Waals surface area contributed by atoms with Crippen LogP contribution in [-0.2, 0) is 24.2 Å². The highest BCUT2D eigenvalue weighted by molar-refractivity contribution is 5.85. The molecule has 148 valence electrons. The summed E-state index contributed by atoms with van der Waals surface area (Å²) in [6.45, 7) is 5.89. The molecule has 2 aliphatic heterocycles. The van der Waals surface area contributed by atoms with Crippen molar-refractivity contribution in [2.75, 3.05) is 31.6 Å². The minimum atomic E-state index is 0. The van der Waals surface area contributed by atoms with Gasteiger partial charge in [-0.3, -0.25) is 9.88 Å². The Hall–Kier alpha value is -1.47. The second-order valence-electron chi connectivity index (χ2n) is 6.90. The van der Waals surface area contributed by atoms with Gasteiger partial charge in [0.05, 0.1) is 0 Å². The van der Waals surface area contributed by atoms with Gasteiger partial charge in [-0.05, 0) is 47.9 Å². The van der Waals surface area contributed by atoms with E-state index in [-0.39, 0.29) is 24.8 Å².